The fourth-order valence-corrected chi connectivity index (χ4v) is 7.12. The molecule has 0 aliphatic heterocycles. The highest BCUT2D eigenvalue weighted by Gasteiger charge is 2.32. The van der Waals surface area contributed by atoms with E-state index in [2.05, 4.69) is 63.6 Å². The smallest absolute Gasteiger partial charge is 0.107 e. The average Bonchev–Trinajstić information content (AvgIpc) is 2.71. The van der Waals surface area contributed by atoms with Crippen molar-refractivity contribution in [1.82, 2.24) is 4.57 Å². The number of benzene rings is 1. The van der Waals surface area contributed by atoms with Gasteiger partial charge >= 0.3 is 0 Å². The lowest BCUT2D eigenvalue weighted by Crippen LogP contribution is -2.48. The number of hydrogen-bond acceptors (Lipinski definition) is 0. The molecule has 0 radical (unpaired) electrons. The molecule has 0 saturated carbocycles. The van der Waals surface area contributed by atoms with Crippen LogP contribution in [0.4, 0.5) is 0 Å². The lowest BCUT2D eigenvalue weighted by molar-refractivity contribution is 0.982. The van der Waals surface area contributed by atoms with Crippen molar-refractivity contribution in [2.75, 3.05) is 0 Å². The summed E-state index contributed by atoms with van der Waals surface area (Å²) in [4.78, 5) is 0. The highest BCUT2D eigenvalue weighted by molar-refractivity contribution is 6.91. The molecule has 2 rings (SSSR count). The Labute approximate surface area is 112 Å². The summed E-state index contributed by atoms with van der Waals surface area (Å²) in [7, 11) is 0.974. The standard InChI is InChI=1S/C16H25NSi/c1-6-18(7-2,8-3)16-12-14-10-9-13(4)11-15(14)17(16)5/h9-12H,6-8H2,1-5H3. The van der Waals surface area contributed by atoms with E-state index in [4.69, 9.17) is 0 Å². The quantitative estimate of drug-likeness (QED) is 0.725. The largest absolute Gasteiger partial charge is 0.352 e. The van der Waals surface area contributed by atoms with Gasteiger partial charge in [-0.25, -0.2) is 0 Å². The third-order valence-electron chi connectivity index (χ3n) is 4.77. The van der Waals surface area contributed by atoms with Gasteiger partial charge in [0, 0.05) is 17.9 Å². The number of aromatic nitrogens is 1. The molecule has 1 heterocycles. The monoisotopic (exact) mass is 259 g/mol. The zero-order chi connectivity index (χ0) is 13.3. The van der Waals surface area contributed by atoms with Crippen LogP contribution in [-0.2, 0) is 7.05 Å². The van der Waals surface area contributed by atoms with E-state index in [0.717, 1.165) is 0 Å². The van der Waals surface area contributed by atoms with Crippen molar-refractivity contribution in [3.63, 3.8) is 0 Å². The van der Waals surface area contributed by atoms with Crippen LogP contribution in [0.25, 0.3) is 10.9 Å². The van der Waals surface area contributed by atoms with Crippen LogP contribution in [-0.4, -0.2) is 12.6 Å². The van der Waals surface area contributed by atoms with Crippen molar-refractivity contribution in [2.24, 2.45) is 7.05 Å². The second kappa shape index (κ2) is 4.92. The van der Waals surface area contributed by atoms with E-state index in [1.54, 1.807) is 5.32 Å². The van der Waals surface area contributed by atoms with Crippen molar-refractivity contribution in [2.45, 2.75) is 45.8 Å². The van der Waals surface area contributed by atoms with Gasteiger partial charge in [0.25, 0.3) is 0 Å². The molecule has 1 aromatic heterocycles. The molecule has 98 valence electrons. The molecule has 18 heavy (non-hydrogen) atoms. The molecule has 0 atom stereocenters. The van der Waals surface area contributed by atoms with Gasteiger partial charge < -0.3 is 4.57 Å². The van der Waals surface area contributed by atoms with Crippen LogP contribution in [0, 0.1) is 6.92 Å². The van der Waals surface area contributed by atoms with E-state index in [0.29, 0.717) is 0 Å². The first kappa shape index (κ1) is 13.4. The Morgan fingerprint density at radius 3 is 2.17 bits per heavy atom. The molecule has 2 heteroatoms. The lowest BCUT2D eigenvalue weighted by atomic mass is 10.2. The summed E-state index contributed by atoms with van der Waals surface area (Å²) in [5.41, 5.74) is 2.75. The van der Waals surface area contributed by atoms with Crippen molar-refractivity contribution in [1.29, 1.82) is 0 Å². The molecule has 0 N–H and O–H groups in total. The minimum atomic E-state index is -1.28. The Morgan fingerprint density at radius 2 is 1.61 bits per heavy atom. The van der Waals surface area contributed by atoms with Crippen molar-refractivity contribution < 1.29 is 0 Å². The van der Waals surface area contributed by atoms with Gasteiger partial charge in [0.05, 0.1) is 0 Å². The molecular formula is C16H25NSi. The maximum Gasteiger partial charge on any atom is 0.107 e. The number of nitrogens with zero attached hydrogens (tertiary/aromatic N) is 1. The molecule has 1 nitrogen and oxygen atoms in total. The number of aryl methyl sites for hydroxylation is 2. The van der Waals surface area contributed by atoms with Crippen molar-refractivity contribution in [3.8, 4) is 0 Å². The summed E-state index contributed by atoms with van der Waals surface area (Å²) in [6.07, 6.45) is 0. The minimum absolute atomic E-state index is 1.28. The van der Waals surface area contributed by atoms with Gasteiger partial charge in [0.2, 0.25) is 0 Å². The van der Waals surface area contributed by atoms with Crippen LogP contribution in [0.1, 0.15) is 26.3 Å². The molecule has 0 amide bonds. The molecule has 0 saturated heterocycles. The minimum Gasteiger partial charge on any atom is -0.352 e. The normalized spacial score (nSPS) is 12.3. The Morgan fingerprint density at radius 1 is 1.00 bits per heavy atom. The number of fused-ring (bicyclic) bond motifs is 1. The van der Waals surface area contributed by atoms with Crippen molar-refractivity contribution in [3.05, 3.63) is 29.8 Å². The lowest BCUT2D eigenvalue weighted by Gasteiger charge is -2.28. The number of hydrogen-bond donors (Lipinski definition) is 0. The SMILES string of the molecule is CC[Si](CC)(CC)c1cc2ccc(C)cc2n1C. The van der Waals surface area contributed by atoms with E-state index in [1.165, 1.54) is 34.6 Å². The van der Waals surface area contributed by atoms with Crippen LogP contribution in [0.2, 0.25) is 18.1 Å². The Kier molecular flexibility index (Phi) is 3.67. The summed E-state index contributed by atoms with van der Waals surface area (Å²) in [6.45, 7) is 9.31. The predicted octanol–water partition coefficient (Wildman–Crippen LogP) is 4.20. The van der Waals surface area contributed by atoms with Crippen LogP contribution < -0.4 is 5.32 Å². The Hall–Kier alpha value is -1.02. The Bertz CT molecular complexity index is 541. The molecule has 0 aliphatic rings. The molecule has 0 bridgehead atoms. The van der Waals surface area contributed by atoms with Gasteiger partial charge in [-0.3, -0.25) is 0 Å². The summed E-state index contributed by atoms with van der Waals surface area (Å²) in [5.74, 6) is 0. The second-order valence-corrected chi connectivity index (χ2v) is 10.7. The van der Waals surface area contributed by atoms with Crippen LogP contribution in [0.15, 0.2) is 24.3 Å². The summed E-state index contributed by atoms with van der Waals surface area (Å²) >= 11 is 0. The average molecular weight is 259 g/mol. The van der Waals surface area contributed by atoms with E-state index in [1.807, 2.05) is 0 Å². The second-order valence-electron chi connectivity index (χ2n) is 5.49. The molecule has 0 fully saturated rings. The van der Waals surface area contributed by atoms with E-state index >= 15 is 0 Å². The first-order valence-corrected chi connectivity index (χ1v) is 9.76. The summed E-state index contributed by atoms with van der Waals surface area (Å²) in [5, 5.41) is 3.04. The fourth-order valence-electron chi connectivity index (χ4n) is 3.24. The van der Waals surface area contributed by atoms with Gasteiger partial charge in [0.1, 0.15) is 8.07 Å². The van der Waals surface area contributed by atoms with Crippen LogP contribution >= 0.6 is 0 Å². The summed E-state index contributed by atoms with van der Waals surface area (Å²) in [6, 6.07) is 13.3. The first-order valence-electron chi connectivity index (χ1n) is 7.14. The fraction of sp³-hybridized carbons (Fsp3) is 0.500. The zero-order valence-electron chi connectivity index (χ0n) is 12.4. The van der Waals surface area contributed by atoms with Gasteiger partial charge in [-0.15, -0.1) is 0 Å². The molecule has 0 spiro atoms. The first-order chi connectivity index (χ1) is 8.57. The maximum atomic E-state index is 2.46. The number of rotatable bonds is 4. The van der Waals surface area contributed by atoms with Crippen molar-refractivity contribution >= 4 is 24.3 Å². The van der Waals surface area contributed by atoms with Gasteiger partial charge in [-0.05, 0) is 30.0 Å². The van der Waals surface area contributed by atoms with E-state index in [9.17, 15) is 0 Å². The predicted molar refractivity (Wildman–Crippen MR) is 84.5 cm³/mol. The molecular weight excluding hydrogens is 234 g/mol. The third kappa shape index (κ3) is 1.93. The third-order valence-corrected chi connectivity index (χ3v) is 10.4. The highest BCUT2D eigenvalue weighted by atomic mass is 28.3. The Balaban J connectivity index is 2.68. The molecule has 1 aromatic carbocycles. The summed E-state index contributed by atoms with van der Waals surface area (Å²) < 4.78 is 2.46. The zero-order valence-corrected chi connectivity index (χ0v) is 13.4. The van der Waals surface area contributed by atoms with Crippen LogP contribution in [0.5, 0.6) is 0 Å². The van der Waals surface area contributed by atoms with Gasteiger partial charge in [-0.2, -0.15) is 0 Å². The highest BCUT2D eigenvalue weighted by Crippen LogP contribution is 2.24. The van der Waals surface area contributed by atoms with Gasteiger partial charge in [0.15, 0.2) is 0 Å². The topological polar surface area (TPSA) is 4.93 Å². The molecule has 0 unspecified atom stereocenters. The van der Waals surface area contributed by atoms with E-state index in [-0.39, 0.29) is 0 Å². The van der Waals surface area contributed by atoms with Gasteiger partial charge in [-0.1, -0.05) is 51.0 Å². The van der Waals surface area contributed by atoms with E-state index < -0.39 is 8.07 Å². The molecule has 2 aromatic rings. The molecule has 0 aliphatic carbocycles. The van der Waals surface area contributed by atoms with Crippen LogP contribution in [0.3, 0.4) is 0 Å². The maximum absolute atomic E-state index is 2.46.